The summed E-state index contributed by atoms with van der Waals surface area (Å²) < 4.78 is 24.1. The number of fused-ring (bicyclic) bond motifs is 1. The van der Waals surface area contributed by atoms with Crippen LogP contribution in [0.15, 0.2) is 18.2 Å². The molecule has 0 atom stereocenters. The van der Waals surface area contributed by atoms with Gasteiger partial charge in [-0.2, -0.15) is 0 Å². The zero-order valence-corrected chi connectivity index (χ0v) is 12.0. The summed E-state index contributed by atoms with van der Waals surface area (Å²) in [4.78, 5) is 15.9. The number of aromatic carboxylic acids is 1. The van der Waals surface area contributed by atoms with Crippen molar-refractivity contribution in [3.63, 3.8) is 0 Å². The molecule has 0 amide bonds. The molecule has 0 bridgehead atoms. The SMILES string of the molecule is NS(=O)(=O)CCn1c(C2CC2)nc2cccc(C(=O)O)c21. The second-order valence-corrected chi connectivity index (χ2v) is 6.98. The molecule has 3 N–H and O–H groups in total. The van der Waals surface area contributed by atoms with E-state index < -0.39 is 16.0 Å². The van der Waals surface area contributed by atoms with Crippen LogP contribution in [0.1, 0.15) is 34.9 Å². The number of carbonyl (C=O) groups is 1. The van der Waals surface area contributed by atoms with Crippen LogP contribution >= 0.6 is 0 Å². The number of sulfonamides is 1. The number of carboxylic acid groups (broad SMARTS) is 1. The predicted molar refractivity (Wildman–Crippen MR) is 76.6 cm³/mol. The van der Waals surface area contributed by atoms with Crippen LogP contribution in [0.3, 0.4) is 0 Å². The number of para-hydroxylation sites is 1. The Hall–Kier alpha value is -1.93. The Labute approximate surface area is 121 Å². The van der Waals surface area contributed by atoms with Gasteiger partial charge in [0.1, 0.15) is 5.82 Å². The summed E-state index contributed by atoms with van der Waals surface area (Å²) >= 11 is 0. The first-order valence-electron chi connectivity index (χ1n) is 6.60. The third kappa shape index (κ3) is 2.77. The van der Waals surface area contributed by atoms with E-state index in [2.05, 4.69) is 4.98 Å². The van der Waals surface area contributed by atoms with Crippen LogP contribution in [0.2, 0.25) is 0 Å². The molecule has 0 saturated heterocycles. The summed E-state index contributed by atoms with van der Waals surface area (Å²) in [5.74, 6) is -0.270. The quantitative estimate of drug-likeness (QED) is 0.851. The van der Waals surface area contributed by atoms with Gasteiger partial charge in [-0.15, -0.1) is 0 Å². The van der Waals surface area contributed by atoms with Crippen molar-refractivity contribution in [2.45, 2.75) is 25.3 Å². The monoisotopic (exact) mass is 309 g/mol. The lowest BCUT2D eigenvalue weighted by Gasteiger charge is -2.09. The fraction of sp³-hybridized carbons (Fsp3) is 0.385. The average molecular weight is 309 g/mol. The average Bonchev–Trinajstić information content (AvgIpc) is 3.16. The summed E-state index contributed by atoms with van der Waals surface area (Å²) in [5.41, 5.74) is 1.17. The van der Waals surface area contributed by atoms with E-state index in [0.717, 1.165) is 18.7 Å². The first-order chi connectivity index (χ1) is 9.87. The number of benzene rings is 1. The maximum absolute atomic E-state index is 11.4. The van der Waals surface area contributed by atoms with Crippen LogP contribution in [-0.4, -0.2) is 34.8 Å². The van der Waals surface area contributed by atoms with E-state index in [1.54, 1.807) is 16.7 Å². The predicted octanol–water partition coefficient (Wildman–Crippen LogP) is 0.900. The maximum Gasteiger partial charge on any atom is 0.337 e. The number of primary sulfonamides is 1. The topological polar surface area (TPSA) is 115 Å². The van der Waals surface area contributed by atoms with Gasteiger partial charge >= 0.3 is 5.97 Å². The molecule has 0 spiro atoms. The van der Waals surface area contributed by atoms with E-state index in [0.29, 0.717) is 11.0 Å². The van der Waals surface area contributed by atoms with E-state index in [1.807, 2.05) is 0 Å². The minimum atomic E-state index is -3.62. The lowest BCUT2D eigenvalue weighted by Crippen LogP contribution is -2.21. The molecular weight excluding hydrogens is 294 g/mol. The molecule has 1 aliphatic carbocycles. The normalized spacial score (nSPS) is 15.5. The van der Waals surface area contributed by atoms with Crippen molar-refractivity contribution in [2.75, 3.05) is 5.75 Å². The fourth-order valence-electron chi connectivity index (χ4n) is 2.47. The fourth-order valence-corrected chi connectivity index (χ4v) is 2.91. The summed E-state index contributed by atoms with van der Waals surface area (Å²) in [5, 5.41) is 14.4. The van der Waals surface area contributed by atoms with Gasteiger partial charge in [0.25, 0.3) is 0 Å². The highest BCUT2D eigenvalue weighted by Gasteiger charge is 2.30. The van der Waals surface area contributed by atoms with Crippen molar-refractivity contribution in [3.05, 3.63) is 29.6 Å². The van der Waals surface area contributed by atoms with Gasteiger partial charge in [-0.3, -0.25) is 0 Å². The molecule has 1 heterocycles. The van der Waals surface area contributed by atoms with Crippen molar-refractivity contribution in [2.24, 2.45) is 5.14 Å². The molecule has 7 nitrogen and oxygen atoms in total. The first-order valence-corrected chi connectivity index (χ1v) is 8.31. The standard InChI is InChI=1S/C13H15N3O4S/c14-21(19,20)7-6-16-11-9(13(17)18)2-1-3-10(11)15-12(16)8-4-5-8/h1-3,8H,4-7H2,(H,17,18)(H2,14,19,20). The highest BCUT2D eigenvalue weighted by atomic mass is 32.2. The van der Waals surface area contributed by atoms with Crippen LogP contribution in [0.4, 0.5) is 0 Å². The third-order valence-electron chi connectivity index (χ3n) is 3.57. The summed E-state index contributed by atoms with van der Waals surface area (Å²) in [7, 11) is -3.62. The second-order valence-electron chi connectivity index (χ2n) is 5.24. The Balaban J connectivity index is 2.17. The number of nitrogens with two attached hydrogens (primary N) is 1. The number of imidazole rings is 1. The van der Waals surface area contributed by atoms with Crippen molar-refractivity contribution in [1.82, 2.24) is 9.55 Å². The van der Waals surface area contributed by atoms with Crippen molar-refractivity contribution < 1.29 is 18.3 Å². The number of hydrogen-bond acceptors (Lipinski definition) is 4. The maximum atomic E-state index is 11.4. The molecule has 1 saturated carbocycles. The zero-order chi connectivity index (χ0) is 15.2. The zero-order valence-electron chi connectivity index (χ0n) is 11.2. The number of carboxylic acids is 1. The number of rotatable bonds is 5. The van der Waals surface area contributed by atoms with Gasteiger partial charge in [0, 0.05) is 12.5 Å². The molecule has 112 valence electrons. The van der Waals surface area contributed by atoms with Crippen LogP contribution in [0.25, 0.3) is 11.0 Å². The molecule has 8 heteroatoms. The van der Waals surface area contributed by atoms with E-state index in [-0.39, 0.29) is 23.8 Å². The molecule has 1 fully saturated rings. The Morgan fingerprint density at radius 3 is 2.71 bits per heavy atom. The van der Waals surface area contributed by atoms with E-state index >= 15 is 0 Å². The van der Waals surface area contributed by atoms with Crippen molar-refractivity contribution in [1.29, 1.82) is 0 Å². The molecule has 0 aliphatic heterocycles. The number of hydrogen-bond donors (Lipinski definition) is 2. The summed E-state index contributed by atoms with van der Waals surface area (Å²) in [6.45, 7) is 0.117. The number of aromatic nitrogens is 2. The molecule has 1 aromatic carbocycles. The van der Waals surface area contributed by atoms with Crippen LogP contribution in [0, 0.1) is 0 Å². The Morgan fingerprint density at radius 2 is 2.14 bits per heavy atom. The lowest BCUT2D eigenvalue weighted by molar-refractivity contribution is 0.0698. The van der Waals surface area contributed by atoms with Gasteiger partial charge in [-0.25, -0.2) is 23.3 Å². The van der Waals surface area contributed by atoms with Crippen LogP contribution in [0.5, 0.6) is 0 Å². The van der Waals surface area contributed by atoms with Crippen LogP contribution < -0.4 is 5.14 Å². The van der Waals surface area contributed by atoms with E-state index in [4.69, 9.17) is 5.14 Å². The van der Waals surface area contributed by atoms with E-state index in [9.17, 15) is 18.3 Å². The molecular formula is C13H15N3O4S. The first kappa shape index (κ1) is 14.0. The highest BCUT2D eigenvalue weighted by molar-refractivity contribution is 7.89. The third-order valence-corrected chi connectivity index (χ3v) is 4.32. The number of aryl methyl sites for hydroxylation is 1. The lowest BCUT2D eigenvalue weighted by atomic mass is 10.2. The van der Waals surface area contributed by atoms with Gasteiger partial charge in [0.15, 0.2) is 0 Å². The summed E-state index contributed by atoms with van der Waals surface area (Å²) in [6, 6.07) is 4.87. The minimum absolute atomic E-state index is 0.117. The molecule has 1 aliphatic rings. The van der Waals surface area contributed by atoms with Crippen molar-refractivity contribution in [3.8, 4) is 0 Å². The summed E-state index contributed by atoms with van der Waals surface area (Å²) in [6.07, 6.45) is 1.97. The highest BCUT2D eigenvalue weighted by Crippen LogP contribution is 2.41. The van der Waals surface area contributed by atoms with E-state index in [1.165, 1.54) is 6.07 Å². The molecule has 21 heavy (non-hydrogen) atoms. The largest absolute Gasteiger partial charge is 0.478 e. The van der Waals surface area contributed by atoms with Gasteiger partial charge in [-0.1, -0.05) is 6.07 Å². The minimum Gasteiger partial charge on any atom is -0.478 e. The molecule has 0 unspecified atom stereocenters. The molecule has 1 aromatic heterocycles. The number of nitrogens with zero attached hydrogens (tertiary/aromatic N) is 2. The Bertz CT molecular complexity index is 821. The molecule has 2 aromatic rings. The molecule has 0 radical (unpaired) electrons. The molecule has 3 rings (SSSR count). The Kier molecular flexibility index (Phi) is 3.22. The second kappa shape index (κ2) is 4.81. The van der Waals surface area contributed by atoms with Crippen molar-refractivity contribution >= 4 is 27.0 Å². The van der Waals surface area contributed by atoms with Gasteiger partial charge < -0.3 is 9.67 Å². The van der Waals surface area contributed by atoms with Crippen LogP contribution in [-0.2, 0) is 16.6 Å². The Morgan fingerprint density at radius 1 is 1.43 bits per heavy atom. The van der Waals surface area contributed by atoms with Gasteiger partial charge in [0.05, 0.1) is 22.3 Å². The van der Waals surface area contributed by atoms with Gasteiger partial charge in [0.2, 0.25) is 10.0 Å². The smallest absolute Gasteiger partial charge is 0.337 e. The van der Waals surface area contributed by atoms with Gasteiger partial charge in [-0.05, 0) is 25.0 Å².